The van der Waals surface area contributed by atoms with E-state index in [0.29, 0.717) is 0 Å². The number of aryl methyl sites for hydroxylation is 1. The van der Waals surface area contributed by atoms with E-state index in [1.165, 1.54) is 5.56 Å². The summed E-state index contributed by atoms with van der Waals surface area (Å²) in [6.45, 7) is 6.87. The maximum absolute atomic E-state index is 10.9. The van der Waals surface area contributed by atoms with Gasteiger partial charge in [0.05, 0.1) is 19.3 Å². The summed E-state index contributed by atoms with van der Waals surface area (Å²) >= 11 is 0. The molecule has 1 aromatic carbocycles. The quantitative estimate of drug-likeness (QED) is 0.800. The smallest absolute Gasteiger partial charge is 0.0948 e. The minimum absolute atomic E-state index is 0.00316. The molecule has 110 valence electrons. The Morgan fingerprint density at radius 2 is 2.10 bits per heavy atom. The number of benzene rings is 1. The summed E-state index contributed by atoms with van der Waals surface area (Å²) < 4.78 is 5.62. The Bertz CT molecular complexity index is 472. The molecule has 1 fully saturated rings. The summed E-state index contributed by atoms with van der Waals surface area (Å²) in [6.07, 6.45) is 2.89. The average molecular weight is 275 g/mol. The number of ether oxygens (including phenoxy) is 1. The predicted molar refractivity (Wildman–Crippen MR) is 79.7 cm³/mol. The van der Waals surface area contributed by atoms with E-state index in [2.05, 4.69) is 36.9 Å². The number of hydrogen-bond acceptors (Lipinski definition) is 3. The Morgan fingerprint density at radius 1 is 1.30 bits per heavy atom. The van der Waals surface area contributed by atoms with E-state index in [1.54, 1.807) is 0 Å². The van der Waals surface area contributed by atoms with Crippen LogP contribution in [0.15, 0.2) is 24.3 Å². The molecule has 1 aromatic rings. The molecule has 0 aromatic heterocycles. The number of hydrogen-bond donors (Lipinski definition) is 1. The summed E-state index contributed by atoms with van der Waals surface area (Å²) in [5, 5.41) is 10.9. The normalized spacial score (nSPS) is 30.6. The fourth-order valence-electron chi connectivity index (χ4n) is 3.73. The van der Waals surface area contributed by atoms with Crippen LogP contribution in [0.1, 0.15) is 43.9 Å². The summed E-state index contributed by atoms with van der Waals surface area (Å²) in [5.41, 5.74) is 2.44. The van der Waals surface area contributed by atoms with E-state index >= 15 is 0 Å². The van der Waals surface area contributed by atoms with Crippen LogP contribution >= 0.6 is 0 Å². The first kappa shape index (κ1) is 14.1. The van der Waals surface area contributed by atoms with Gasteiger partial charge in [-0.15, -0.1) is 0 Å². The van der Waals surface area contributed by atoms with Gasteiger partial charge in [0.25, 0.3) is 0 Å². The van der Waals surface area contributed by atoms with Crippen molar-refractivity contribution < 1.29 is 9.84 Å². The summed E-state index contributed by atoms with van der Waals surface area (Å²) in [4.78, 5) is 2.46. The standard InChI is InChI=1S/C17H25NO2/c1-17(2)12-20-11-10-18(17)15-9-5-7-13-6-3-4-8-14(13)16(15)19/h3-4,6,8,15-16,19H,5,7,9-12H2,1-2H3. The van der Waals surface area contributed by atoms with Crippen molar-refractivity contribution in [2.75, 3.05) is 19.8 Å². The van der Waals surface area contributed by atoms with Crippen LogP contribution in [0.4, 0.5) is 0 Å². The maximum Gasteiger partial charge on any atom is 0.0948 e. The summed E-state index contributed by atoms with van der Waals surface area (Å²) in [5.74, 6) is 0. The molecule has 2 unspecified atom stereocenters. The third kappa shape index (κ3) is 2.50. The zero-order valence-electron chi connectivity index (χ0n) is 12.5. The second kappa shape index (κ2) is 5.47. The lowest BCUT2D eigenvalue weighted by Crippen LogP contribution is -2.58. The summed E-state index contributed by atoms with van der Waals surface area (Å²) in [6, 6.07) is 8.56. The van der Waals surface area contributed by atoms with Crippen LogP contribution in [-0.2, 0) is 11.2 Å². The van der Waals surface area contributed by atoms with Crippen molar-refractivity contribution in [3.05, 3.63) is 35.4 Å². The second-order valence-electron chi connectivity index (χ2n) is 6.66. The van der Waals surface area contributed by atoms with Crippen LogP contribution < -0.4 is 0 Å². The first-order valence-electron chi connectivity index (χ1n) is 7.70. The van der Waals surface area contributed by atoms with Gasteiger partial charge in [-0.1, -0.05) is 24.3 Å². The molecule has 0 radical (unpaired) electrons. The van der Waals surface area contributed by atoms with E-state index in [9.17, 15) is 5.11 Å². The third-order valence-electron chi connectivity index (χ3n) is 4.79. The van der Waals surface area contributed by atoms with Gasteiger partial charge in [-0.3, -0.25) is 4.90 Å². The lowest BCUT2D eigenvalue weighted by atomic mass is 9.92. The van der Waals surface area contributed by atoms with Crippen molar-refractivity contribution in [3.63, 3.8) is 0 Å². The molecule has 0 saturated carbocycles. The lowest BCUT2D eigenvalue weighted by molar-refractivity contribution is -0.0985. The highest BCUT2D eigenvalue weighted by atomic mass is 16.5. The molecule has 1 heterocycles. The third-order valence-corrected chi connectivity index (χ3v) is 4.79. The maximum atomic E-state index is 10.9. The molecule has 3 heteroatoms. The molecule has 0 bridgehead atoms. The van der Waals surface area contributed by atoms with Gasteiger partial charge in [0.15, 0.2) is 0 Å². The highest BCUT2D eigenvalue weighted by Crippen LogP contribution is 2.35. The topological polar surface area (TPSA) is 32.7 Å². The molecule has 1 N–H and O–H groups in total. The van der Waals surface area contributed by atoms with E-state index in [1.807, 2.05) is 6.07 Å². The monoisotopic (exact) mass is 275 g/mol. The fraction of sp³-hybridized carbons (Fsp3) is 0.647. The van der Waals surface area contributed by atoms with Gasteiger partial charge in [0.2, 0.25) is 0 Å². The van der Waals surface area contributed by atoms with Gasteiger partial charge in [-0.05, 0) is 44.2 Å². The Kier molecular flexibility index (Phi) is 3.85. The van der Waals surface area contributed by atoms with Gasteiger partial charge >= 0.3 is 0 Å². The Labute approximate surface area is 121 Å². The first-order chi connectivity index (χ1) is 9.59. The average Bonchev–Trinajstić information content (AvgIpc) is 2.59. The molecular weight excluding hydrogens is 250 g/mol. The van der Waals surface area contributed by atoms with E-state index < -0.39 is 0 Å². The van der Waals surface area contributed by atoms with Crippen molar-refractivity contribution in [1.29, 1.82) is 0 Å². The molecule has 1 saturated heterocycles. The molecule has 20 heavy (non-hydrogen) atoms. The molecule has 0 amide bonds. The molecular formula is C17H25NO2. The highest BCUT2D eigenvalue weighted by molar-refractivity contribution is 5.31. The van der Waals surface area contributed by atoms with Crippen LogP contribution in [0, 0.1) is 0 Å². The van der Waals surface area contributed by atoms with E-state index in [4.69, 9.17) is 4.74 Å². The van der Waals surface area contributed by atoms with Crippen molar-refractivity contribution >= 4 is 0 Å². The lowest BCUT2D eigenvalue weighted by Gasteiger charge is -2.47. The zero-order chi connectivity index (χ0) is 14.2. The van der Waals surface area contributed by atoms with Crippen molar-refractivity contribution in [3.8, 4) is 0 Å². The molecule has 1 aliphatic carbocycles. The number of nitrogens with zero attached hydrogens (tertiary/aromatic N) is 1. The number of fused-ring (bicyclic) bond motifs is 1. The van der Waals surface area contributed by atoms with Crippen LogP contribution in [0.3, 0.4) is 0 Å². The Balaban J connectivity index is 1.90. The number of morpholine rings is 1. The van der Waals surface area contributed by atoms with Crippen LogP contribution in [0.25, 0.3) is 0 Å². The van der Waals surface area contributed by atoms with E-state index in [-0.39, 0.29) is 17.7 Å². The minimum atomic E-state index is -0.383. The molecule has 2 atom stereocenters. The predicted octanol–water partition coefficient (Wildman–Crippen LogP) is 2.54. The van der Waals surface area contributed by atoms with Crippen LogP contribution in [0.2, 0.25) is 0 Å². The van der Waals surface area contributed by atoms with Crippen molar-refractivity contribution in [2.45, 2.75) is 50.8 Å². The van der Waals surface area contributed by atoms with Crippen molar-refractivity contribution in [2.24, 2.45) is 0 Å². The number of aliphatic hydroxyl groups is 1. The number of rotatable bonds is 1. The second-order valence-corrected chi connectivity index (χ2v) is 6.66. The minimum Gasteiger partial charge on any atom is -0.387 e. The van der Waals surface area contributed by atoms with Crippen LogP contribution in [-0.4, -0.2) is 41.3 Å². The molecule has 0 spiro atoms. The molecule has 3 rings (SSSR count). The fourth-order valence-corrected chi connectivity index (χ4v) is 3.73. The summed E-state index contributed by atoms with van der Waals surface area (Å²) in [7, 11) is 0. The Morgan fingerprint density at radius 3 is 2.90 bits per heavy atom. The highest BCUT2D eigenvalue weighted by Gasteiger charge is 2.39. The van der Waals surface area contributed by atoms with Crippen molar-refractivity contribution in [1.82, 2.24) is 4.90 Å². The van der Waals surface area contributed by atoms with E-state index in [0.717, 1.165) is 44.6 Å². The Hall–Kier alpha value is -0.900. The van der Waals surface area contributed by atoms with Gasteiger partial charge < -0.3 is 9.84 Å². The molecule has 1 aliphatic heterocycles. The molecule has 3 nitrogen and oxygen atoms in total. The van der Waals surface area contributed by atoms with Gasteiger partial charge in [-0.25, -0.2) is 0 Å². The van der Waals surface area contributed by atoms with Crippen LogP contribution in [0.5, 0.6) is 0 Å². The SMILES string of the molecule is CC1(C)COCCN1C1CCCc2ccccc2C1O. The molecule has 2 aliphatic rings. The number of aliphatic hydroxyl groups excluding tert-OH is 1. The van der Waals surface area contributed by atoms with Gasteiger partial charge in [0.1, 0.15) is 0 Å². The first-order valence-corrected chi connectivity index (χ1v) is 7.70. The van der Waals surface area contributed by atoms with Gasteiger partial charge in [-0.2, -0.15) is 0 Å². The zero-order valence-corrected chi connectivity index (χ0v) is 12.5. The van der Waals surface area contributed by atoms with Gasteiger partial charge in [0, 0.05) is 18.1 Å². The largest absolute Gasteiger partial charge is 0.387 e.